The molecular formula is C16H18BrN3O4S. The molecule has 9 heteroatoms. The number of hydrogen-bond donors (Lipinski definition) is 1. The van der Waals surface area contributed by atoms with Crippen molar-refractivity contribution in [2.75, 3.05) is 16.8 Å². The summed E-state index contributed by atoms with van der Waals surface area (Å²) in [5.74, 6) is -0.658. The van der Waals surface area contributed by atoms with Crippen LogP contribution in [0, 0.1) is 6.92 Å². The Morgan fingerprint density at radius 3 is 2.80 bits per heavy atom. The Hall–Kier alpha value is -1.74. The Morgan fingerprint density at radius 1 is 1.36 bits per heavy atom. The molecule has 1 atom stereocenters. The van der Waals surface area contributed by atoms with Crippen LogP contribution in [0.2, 0.25) is 0 Å². The van der Waals surface area contributed by atoms with E-state index in [0.717, 1.165) is 10.0 Å². The van der Waals surface area contributed by atoms with Crippen LogP contribution in [0.3, 0.4) is 0 Å². The first-order valence-electron chi connectivity index (χ1n) is 7.92. The summed E-state index contributed by atoms with van der Waals surface area (Å²) < 4.78 is 24.1. The highest BCUT2D eigenvalue weighted by molar-refractivity contribution is 9.10. The number of carbonyl (C=O) groups excluding carboxylic acids is 2. The molecule has 0 radical (unpaired) electrons. The van der Waals surface area contributed by atoms with E-state index in [1.54, 1.807) is 6.07 Å². The number of rotatable bonds is 3. The van der Waals surface area contributed by atoms with Gasteiger partial charge in [0.1, 0.15) is 5.71 Å². The van der Waals surface area contributed by atoms with Crippen molar-refractivity contribution in [2.45, 2.75) is 32.2 Å². The highest BCUT2D eigenvalue weighted by Gasteiger charge is 2.37. The lowest BCUT2D eigenvalue weighted by atomic mass is 10.1. The van der Waals surface area contributed by atoms with Crippen molar-refractivity contribution >= 4 is 49.0 Å². The number of nitrogens with zero attached hydrogens (tertiary/aromatic N) is 2. The third kappa shape index (κ3) is 4.09. The molecule has 0 aromatic heterocycles. The fourth-order valence-corrected chi connectivity index (χ4v) is 4.96. The van der Waals surface area contributed by atoms with Gasteiger partial charge in [-0.15, -0.1) is 0 Å². The van der Waals surface area contributed by atoms with Gasteiger partial charge >= 0.3 is 0 Å². The Labute approximate surface area is 154 Å². The van der Waals surface area contributed by atoms with E-state index in [2.05, 4.69) is 26.3 Å². The van der Waals surface area contributed by atoms with Gasteiger partial charge in [-0.2, -0.15) is 5.10 Å². The van der Waals surface area contributed by atoms with E-state index in [-0.39, 0.29) is 41.9 Å². The van der Waals surface area contributed by atoms with E-state index in [9.17, 15) is 18.0 Å². The molecule has 1 aromatic carbocycles. The number of benzene rings is 1. The molecule has 7 nitrogen and oxygen atoms in total. The first-order valence-corrected chi connectivity index (χ1v) is 10.5. The van der Waals surface area contributed by atoms with Crippen molar-refractivity contribution in [1.29, 1.82) is 0 Å². The van der Waals surface area contributed by atoms with Gasteiger partial charge in [-0.05, 0) is 31.0 Å². The minimum atomic E-state index is -3.13. The summed E-state index contributed by atoms with van der Waals surface area (Å²) in [4.78, 5) is 24.6. The first kappa shape index (κ1) is 18.1. The second-order valence-corrected chi connectivity index (χ2v) is 9.40. The number of carbonyl (C=O) groups is 2. The van der Waals surface area contributed by atoms with E-state index in [0.29, 0.717) is 12.1 Å². The van der Waals surface area contributed by atoms with Gasteiger partial charge < -0.3 is 5.32 Å². The molecule has 25 heavy (non-hydrogen) atoms. The summed E-state index contributed by atoms with van der Waals surface area (Å²) in [6, 6.07) is 5.07. The van der Waals surface area contributed by atoms with E-state index < -0.39 is 15.9 Å². The summed E-state index contributed by atoms with van der Waals surface area (Å²) in [5, 5.41) is 8.17. The number of hydrogen-bond acceptors (Lipinski definition) is 5. The first-order chi connectivity index (χ1) is 11.7. The average Bonchev–Trinajstić information content (AvgIpc) is 2.91. The van der Waals surface area contributed by atoms with Crippen molar-refractivity contribution in [2.24, 2.45) is 5.10 Å². The SMILES string of the molecule is Cc1ccc(Br)cc1NC(=O)C1=NN([C@@H]2CCS(=O)(=O)C2)C(=O)CC1. The van der Waals surface area contributed by atoms with Gasteiger partial charge in [0.15, 0.2) is 9.84 Å². The molecule has 1 aromatic rings. The lowest BCUT2D eigenvalue weighted by Gasteiger charge is -2.27. The molecule has 3 rings (SSSR count). The highest BCUT2D eigenvalue weighted by Crippen LogP contribution is 2.24. The minimum absolute atomic E-state index is 0.0513. The summed E-state index contributed by atoms with van der Waals surface area (Å²) >= 11 is 3.36. The molecule has 0 saturated carbocycles. The topological polar surface area (TPSA) is 95.9 Å². The summed E-state index contributed by atoms with van der Waals surface area (Å²) in [6.07, 6.45) is 0.755. The molecule has 0 aliphatic carbocycles. The lowest BCUT2D eigenvalue weighted by Crippen LogP contribution is -2.42. The number of hydrazone groups is 1. The molecule has 1 N–H and O–H groups in total. The largest absolute Gasteiger partial charge is 0.321 e. The number of nitrogens with one attached hydrogen (secondary N) is 1. The fourth-order valence-electron chi connectivity index (χ4n) is 2.91. The molecule has 0 bridgehead atoms. The summed E-state index contributed by atoms with van der Waals surface area (Å²) in [6.45, 7) is 1.88. The number of halogens is 1. The van der Waals surface area contributed by atoms with Crippen LogP contribution in [0.15, 0.2) is 27.8 Å². The van der Waals surface area contributed by atoms with Crippen LogP contribution in [0.25, 0.3) is 0 Å². The third-order valence-corrected chi connectivity index (χ3v) is 6.57. The second-order valence-electron chi connectivity index (χ2n) is 6.26. The van der Waals surface area contributed by atoms with Gasteiger partial charge in [0.2, 0.25) is 5.91 Å². The zero-order valence-electron chi connectivity index (χ0n) is 13.7. The molecule has 2 heterocycles. The standard InChI is InChI=1S/C16H18BrN3O4S/c1-10-2-3-11(17)8-14(10)18-16(22)13-4-5-15(21)20(19-13)12-6-7-25(23,24)9-12/h2-3,8,12H,4-7,9H2,1H3,(H,18,22)/t12-/m1/s1. The molecule has 0 unspecified atom stereocenters. The van der Waals surface area contributed by atoms with E-state index in [1.165, 1.54) is 5.01 Å². The van der Waals surface area contributed by atoms with Crippen LogP contribution in [0.4, 0.5) is 5.69 Å². The van der Waals surface area contributed by atoms with Crippen molar-refractivity contribution in [3.05, 3.63) is 28.2 Å². The fraction of sp³-hybridized carbons (Fsp3) is 0.438. The van der Waals surface area contributed by atoms with Crippen molar-refractivity contribution in [3.63, 3.8) is 0 Å². The molecule has 134 valence electrons. The Balaban J connectivity index is 1.79. The molecule has 1 saturated heterocycles. The maximum atomic E-state index is 12.5. The predicted molar refractivity (Wildman–Crippen MR) is 98.1 cm³/mol. The van der Waals surface area contributed by atoms with Crippen LogP contribution in [0.1, 0.15) is 24.8 Å². The Bertz CT molecular complexity index is 866. The van der Waals surface area contributed by atoms with Gasteiger partial charge in [0.25, 0.3) is 5.91 Å². The molecule has 2 aliphatic heterocycles. The van der Waals surface area contributed by atoms with Gasteiger partial charge in [-0.1, -0.05) is 22.0 Å². The quantitative estimate of drug-likeness (QED) is 0.795. The van der Waals surface area contributed by atoms with Crippen LogP contribution < -0.4 is 5.32 Å². The van der Waals surface area contributed by atoms with E-state index in [1.807, 2.05) is 19.1 Å². The number of anilines is 1. The number of aryl methyl sites for hydroxylation is 1. The number of sulfone groups is 1. The highest BCUT2D eigenvalue weighted by atomic mass is 79.9. The van der Waals surface area contributed by atoms with Gasteiger partial charge in [-0.25, -0.2) is 13.4 Å². The van der Waals surface area contributed by atoms with Crippen LogP contribution in [-0.4, -0.2) is 48.5 Å². The van der Waals surface area contributed by atoms with E-state index >= 15 is 0 Å². The maximum absolute atomic E-state index is 12.5. The van der Waals surface area contributed by atoms with E-state index in [4.69, 9.17) is 0 Å². The molecule has 2 aliphatic rings. The zero-order chi connectivity index (χ0) is 18.2. The second kappa shape index (κ2) is 6.87. The van der Waals surface area contributed by atoms with Crippen molar-refractivity contribution < 1.29 is 18.0 Å². The molecule has 0 spiro atoms. The number of amides is 2. The smallest absolute Gasteiger partial charge is 0.271 e. The normalized spacial score (nSPS) is 22.6. The minimum Gasteiger partial charge on any atom is -0.321 e. The maximum Gasteiger partial charge on any atom is 0.271 e. The van der Waals surface area contributed by atoms with Gasteiger partial charge in [0.05, 0.1) is 17.5 Å². The average molecular weight is 428 g/mol. The van der Waals surface area contributed by atoms with Crippen molar-refractivity contribution in [1.82, 2.24) is 5.01 Å². The predicted octanol–water partition coefficient (Wildman–Crippen LogP) is 1.86. The Kier molecular flexibility index (Phi) is 4.97. The lowest BCUT2D eigenvalue weighted by molar-refractivity contribution is -0.133. The van der Waals surface area contributed by atoms with Gasteiger partial charge in [0, 0.05) is 23.0 Å². The van der Waals surface area contributed by atoms with Crippen LogP contribution in [-0.2, 0) is 19.4 Å². The van der Waals surface area contributed by atoms with Crippen LogP contribution in [0.5, 0.6) is 0 Å². The van der Waals surface area contributed by atoms with Crippen molar-refractivity contribution in [3.8, 4) is 0 Å². The molecule has 2 amide bonds. The summed E-state index contributed by atoms with van der Waals surface area (Å²) in [5.41, 5.74) is 1.81. The molecule has 1 fully saturated rings. The van der Waals surface area contributed by atoms with Crippen LogP contribution >= 0.6 is 15.9 Å². The van der Waals surface area contributed by atoms with Gasteiger partial charge in [-0.3, -0.25) is 9.59 Å². The molecular weight excluding hydrogens is 410 g/mol. The summed E-state index contributed by atoms with van der Waals surface area (Å²) in [7, 11) is -3.13. The Morgan fingerprint density at radius 2 is 2.12 bits per heavy atom. The third-order valence-electron chi connectivity index (χ3n) is 4.32. The monoisotopic (exact) mass is 427 g/mol. The zero-order valence-corrected chi connectivity index (χ0v) is 16.1.